The Morgan fingerprint density at radius 1 is 1.00 bits per heavy atom. The van der Waals surface area contributed by atoms with E-state index in [2.05, 4.69) is 33.8 Å². The number of fused-ring (bicyclic) bond motifs is 4. The second-order valence-electron chi connectivity index (χ2n) is 8.68. The van der Waals surface area contributed by atoms with E-state index in [0.717, 1.165) is 27.7 Å². The molecule has 2 aliphatic rings. The molecule has 0 radical (unpaired) electrons. The van der Waals surface area contributed by atoms with Crippen LogP contribution in [-0.4, -0.2) is 21.0 Å². The number of carbonyl (C=O) groups excluding carboxylic acids is 1. The Morgan fingerprint density at radius 3 is 2.75 bits per heavy atom. The van der Waals surface area contributed by atoms with Crippen molar-refractivity contribution < 1.29 is 9.90 Å². The molecule has 32 heavy (non-hydrogen) atoms. The number of nitrogens with one attached hydrogen (secondary N) is 2. The third kappa shape index (κ3) is 3.03. The summed E-state index contributed by atoms with van der Waals surface area (Å²) in [6.07, 6.45) is 3.08. The molecule has 2 aromatic carbocycles. The molecule has 6 nitrogen and oxygen atoms in total. The Bertz CT molecular complexity index is 1380. The van der Waals surface area contributed by atoms with Gasteiger partial charge in [-0.1, -0.05) is 24.3 Å². The number of aromatic hydroxyl groups is 1. The van der Waals surface area contributed by atoms with Crippen LogP contribution in [0.3, 0.4) is 0 Å². The van der Waals surface area contributed by atoms with Gasteiger partial charge in [-0.05, 0) is 65.9 Å². The predicted molar refractivity (Wildman–Crippen MR) is 122 cm³/mol. The number of amides is 1. The standard InChI is InChI=1S/C26H22N4O2/c31-21-4-1-3-16(9-21)14-27-15-20-7-6-17-10-18-12-26(13-19(18)11-23(17)29-20)22-5-2-8-28-24(22)30-25(26)32/h1-11,27,31H,12-15H2,(H,28,30,32). The highest BCUT2D eigenvalue weighted by Gasteiger charge is 2.51. The van der Waals surface area contributed by atoms with Gasteiger partial charge in [0.05, 0.1) is 16.6 Å². The zero-order valence-electron chi connectivity index (χ0n) is 17.4. The molecule has 0 saturated heterocycles. The first kappa shape index (κ1) is 19.0. The van der Waals surface area contributed by atoms with E-state index in [1.165, 1.54) is 11.1 Å². The largest absolute Gasteiger partial charge is 0.508 e. The van der Waals surface area contributed by atoms with Crippen LogP contribution >= 0.6 is 0 Å². The normalized spacial score (nSPS) is 18.7. The van der Waals surface area contributed by atoms with Gasteiger partial charge < -0.3 is 15.7 Å². The Hall–Kier alpha value is -3.77. The molecule has 0 saturated carbocycles. The number of rotatable bonds is 4. The zero-order chi connectivity index (χ0) is 21.7. The van der Waals surface area contributed by atoms with Gasteiger partial charge in [0.25, 0.3) is 0 Å². The summed E-state index contributed by atoms with van der Waals surface area (Å²) >= 11 is 0. The molecule has 0 bridgehead atoms. The van der Waals surface area contributed by atoms with E-state index < -0.39 is 5.41 Å². The molecule has 158 valence electrons. The molecule has 0 fully saturated rings. The molecule has 6 rings (SSSR count). The molecule has 1 aliphatic carbocycles. The van der Waals surface area contributed by atoms with Crippen molar-refractivity contribution in [1.29, 1.82) is 0 Å². The van der Waals surface area contributed by atoms with E-state index in [9.17, 15) is 9.90 Å². The first-order chi connectivity index (χ1) is 15.6. The van der Waals surface area contributed by atoms with E-state index in [1.807, 2.05) is 30.3 Å². The molecule has 1 spiro atoms. The highest BCUT2D eigenvalue weighted by molar-refractivity contribution is 6.06. The smallest absolute Gasteiger partial charge is 0.237 e. The van der Waals surface area contributed by atoms with Crippen LogP contribution in [0.5, 0.6) is 5.75 Å². The minimum absolute atomic E-state index is 0.0382. The van der Waals surface area contributed by atoms with Crippen molar-refractivity contribution in [3.63, 3.8) is 0 Å². The molecule has 1 unspecified atom stereocenters. The number of hydrogen-bond acceptors (Lipinski definition) is 5. The number of nitrogens with zero attached hydrogens (tertiary/aromatic N) is 2. The van der Waals surface area contributed by atoms with Gasteiger partial charge in [-0.15, -0.1) is 0 Å². The van der Waals surface area contributed by atoms with Crippen molar-refractivity contribution in [2.75, 3.05) is 5.32 Å². The van der Waals surface area contributed by atoms with E-state index in [1.54, 1.807) is 18.3 Å². The number of benzene rings is 2. The van der Waals surface area contributed by atoms with Crippen molar-refractivity contribution in [2.45, 2.75) is 31.3 Å². The highest BCUT2D eigenvalue weighted by Crippen LogP contribution is 2.47. The number of pyridine rings is 2. The van der Waals surface area contributed by atoms with Crippen LogP contribution in [-0.2, 0) is 36.1 Å². The van der Waals surface area contributed by atoms with Gasteiger partial charge in [-0.3, -0.25) is 9.78 Å². The number of hydrogen-bond donors (Lipinski definition) is 3. The topological polar surface area (TPSA) is 87.1 Å². The molecule has 2 aromatic heterocycles. The van der Waals surface area contributed by atoms with Crippen LogP contribution < -0.4 is 10.6 Å². The van der Waals surface area contributed by atoms with Crippen LogP contribution in [0.4, 0.5) is 5.82 Å². The predicted octanol–water partition coefficient (Wildman–Crippen LogP) is 3.61. The second-order valence-corrected chi connectivity index (χ2v) is 8.68. The summed E-state index contributed by atoms with van der Waals surface area (Å²) in [7, 11) is 0. The number of carbonyl (C=O) groups is 1. The van der Waals surface area contributed by atoms with Gasteiger partial charge in [0.15, 0.2) is 0 Å². The Balaban J connectivity index is 1.25. The maximum Gasteiger partial charge on any atom is 0.237 e. The fraction of sp³-hybridized carbons (Fsp3) is 0.192. The van der Waals surface area contributed by atoms with Gasteiger partial charge >= 0.3 is 0 Å². The monoisotopic (exact) mass is 422 g/mol. The fourth-order valence-corrected chi connectivity index (χ4v) is 5.04. The lowest BCUT2D eigenvalue weighted by molar-refractivity contribution is -0.120. The number of phenolic OH excluding ortho intramolecular Hbond substituents is 1. The molecule has 4 aromatic rings. The van der Waals surface area contributed by atoms with Crippen molar-refractivity contribution >= 4 is 22.6 Å². The molecular formula is C26H22N4O2. The van der Waals surface area contributed by atoms with Gasteiger partial charge in [-0.25, -0.2) is 4.98 Å². The molecule has 1 atom stereocenters. The van der Waals surface area contributed by atoms with Crippen LogP contribution in [0.1, 0.15) is 27.9 Å². The number of anilines is 1. The van der Waals surface area contributed by atoms with Gasteiger partial charge in [0, 0.05) is 30.2 Å². The SMILES string of the molecule is O=C1Nc2ncccc2C12Cc1cc3ccc(CNCc4cccc(O)c4)nc3cc1C2. The first-order valence-electron chi connectivity index (χ1n) is 10.8. The van der Waals surface area contributed by atoms with E-state index in [4.69, 9.17) is 4.98 Å². The first-order valence-corrected chi connectivity index (χ1v) is 10.8. The van der Waals surface area contributed by atoms with Crippen molar-refractivity contribution in [2.24, 2.45) is 0 Å². The summed E-state index contributed by atoms with van der Waals surface area (Å²) in [5.41, 5.74) is 5.76. The lowest BCUT2D eigenvalue weighted by atomic mass is 9.79. The molecule has 3 N–H and O–H groups in total. The minimum Gasteiger partial charge on any atom is -0.508 e. The molecule has 6 heteroatoms. The van der Waals surface area contributed by atoms with Gasteiger partial charge in [0.2, 0.25) is 5.91 Å². The van der Waals surface area contributed by atoms with Crippen molar-refractivity contribution in [3.05, 3.63) is 94.8 Å². The summed E-state index contributed by atoms with van der Waals surface area (Å²) in [6, 6.07) is 19.6. The Labute approximate surface area is 185 Å². The maximum atomic E-state index is 12.9. The van der Waals surface area contributed by atoms with Crippen LogP contribution in [0.2, 0.25) is 0 Å². The molecule has 1 amide bonds. The average molecular weight is 422 g/mol. The lowest BCUT2D eigenvalue weighted by Gasteiger charge is -2.20. The summed E-state index contributed by atoms with van der Waals surface area (Å²) in [4.78, 5) is 22.1. The van der Waals surface area contributed by atoms with E-state index in [0.29, 0.717) is 31.7 Å². The number of phenols is 1. The molecular weight excluding hydrogens is 400 g/mol. The molecule has 1 aliphatic heterocycles. The minimum atomic E-state index is -0.561. The van der Waals surface area contributed by atoms with Crippen LogP contribution in [0.15, 0.2) is 66.9 Å². The molecule has 3 heterocycles. The number of aromatic nitrogens is 2. The Morgan fingerprint density at radius 2 is 1.88 bits per heavy atom. The van der Waals surface area contributed by atoms with Crippen molar-refractivity contribution in [3.8, 4) is 5.75 Å². The van der Waals surface area contributed by atoms with Gasteiger partial charge in [-0.2, -0.15) is 0 Å². The van der Waals surface area contributed by atoms with Crippen LogP contribution in [0.25, 0.3) is 10.9 Å². The van der Waals surface area contributed by atoms with E-state index in [-0.39, 0.29) is 11.7 Å². The maximum absolute atomic E-state index is 12.9. The quantitative estimate of drug-likeness (QED) is 0.468. The van der Waals surface area contributed by atoms with Crippen LogP contribution in [0, 0.1) is 0 Å². The summed E-state index contributed by atoms with van der Waals surface area (Å²) in [5.74, 6) is 0.999. The Kier molecular flexibility index (Phi) is 4.23. The summed E-state index contributed by atoms with van der Waals surface area (Å²) in [6.45, 7) is 1.29. The third-order valence-electron chi connectivity index (χ3n) is 6.59. The summed E-state index contributed by atoms with van der Waals surface area (Å²) < 4.78 is 0. The fourth-order valence-electron chi connectivity index (χ4n) is 5.04. The third-order valence-corrected chi connectivity index (χ3v) is 6.59. The highest BCUT2D eigenvalue weighted by atomic mass is 16.3. The van der Waals surface area contributed by atoms with Gasteiger partial charge in [0.1, 0.15) is 11.6 Å². The average Bonchev–Trinajstić information content (AvgIpc) is 3.29. The zero-order valence-corrected chi connectivity index (χ0v) is 17.4. The van der Waals surface area contributed by atoms with Crippen molar-refractivity contribution in [1.82, 2.24) is 15.3 Å². The lowest BCUT2D eigenvalue weighted by Crippen LogP contribution is -2.35. The second kappa shape index (κ2) is 7.14. The summed E-state index contributed by atoms with van der Waals surface area (Å²) in [5, 5.41) is 17.0. The van der Waals surface area contributed by atoms with E-state index >= 15 is 0 Å².